The first kappa shape index (κ1) is 11.0. The van der Waals surface area contributed by atoms with Crippen molar-refractivity contribution in [3.63, 3.8) is 0 Å². The molecule has 1 fully saturated rings. The van der Waals surface area contributed by atoms with Crippen molar-refractivity contribution in [1.82, 2.24) is 4.98 Å². The minimum atomic E-state index is -0.392. The molecule has 4 nitrogen and oxygen atoms in total. The van der Waals surface area contributed by atoms with Crippen LogP contribution in [0.25, 0.3) is 0 Å². The van der Waals surface area contributed by atoms with E-state index in [0.717, 1.165) is 6.20 Å². The van der Waals surface area contributed by atoms with Crippen molar-refractivity contribution < 1.29 is 13.9 Å². The monoisotopic (exact) mass is 224 g/mol. The zero-order valence-electron chi connectivity index (χ0n) is 9.00. The number of ketones is 1. The Hall–Kier alpha value is -1.49. The molecule has 2 heterocycles. The molecule has 1 aliphatic heterocycles. The standard InChI is InChI=1S/C11H13FN2O2/c1-11(6-16-7-11)9(15)5-14-10-3-2-8(12)4-13-10/h2-4H,5-7H2,1H3,(H,13,14). The van der Waals surface area contributed by atoms with Crippen LogP contribution >= 0.6 is 0 Å². The predicted molar refractivity (Wildman–Crippen MR) is 56.6 cm³/mol. The van der Waals surface area contributed by atoms with Gasteiger partial charge in [0.25, 0.3) is 0 Å². The van der Waals surface area contributed by atoms with E-state index < -0.39 is 5.82 Å². The number of nitrogens with one attached hydrogen (secondary N) is 1. The molecule has 0 amide bonds. The van der Waals surface area contributed by atoms with Gasteiger partial charge in [0, 0.05) is 0 Å². The second-order valence-electron chi connectivity index (χ2n) is 4.19. The molecule has 0 atom stereocenters. The van der Waals surface area contributed by atoms with Gasteiger partial charge in [-0.1, -0.05) is 0 Å². The average Bonchev–Trinajstić information content (AvgIpc) is 2.24. The Morgan fingerprint density at radius 2 is 2.38 bits per heavy atom. The molecule has 1 aliphatic rings. The SMILES string of the molecule is CC1(C(=O)CNc2ccc(F)cn2)COC1. The van der Waals surface area contributed by atoms with E-state index in [4.69, 9.17) is 4.74 Å². The zero-order chi connectivity index (χ0) is 11.6. The van der Waals surface area contributed by atoms with Crippen molar-refractivity contribution >= 4 is 11.6 Å². The Bertz CT molecular complexity index is 387. The number of rotatable bonds is 4. The molecule has 2 rings (SSSR count). The third-order valence-electron chi connectivity index (χ3n) is 2.67. The number of aromatic nitrogens is 1. The van der Waals surface area contributed by atoms with Crippen LogP contribution in [-0.2, 0) is 9.53 Å². The molecule has 0 bridgehead atoms. The summed E-state index contributed by atoms with van der Waals surface area (Å²) in [5, 5.41) is 2.86. The highest BCUT2D eigenvalue weighted by atomic mass is 19.1. The van der Waals surface area contributed by atoms with Gasteiger partial charge in [-0.3, -0.25) is 4.79 Å². The van der Waals surface area contributed by atoms with Crippen LogP contribution in [0.3, 0.4) is 0 Å². The largest absolute Gasteiger partial charge is 0.379 e. The van der Waals surface area contributed by atoms with Crippen molar-refractivity contribution in [1.29, 1.82) is 0 Å². The van der Waals surface area contributed by atoms with Gasteiger partial charge in [-0.05, 0) is 19.1 Å². The van der Waals surface area contributed by atoms with Crippen LogP contribution in [0.4, 0.5) is 10.2 Å². The van der Waals surface area contributed by atoms with Crippen LogP contribution in [0.2, 0.25) is 0 Å². The highest BCUT2D eigenvalue weighted by Gasteiger charge is 2.40. The molecule has 86 valence electrons. The van der Waals surface area contributed by atoms with E-state index in [9.17, 15) is 9.18 Å². The summed E-state index contributed by atoms with van der Waals surface area (Å²) in [5.74, 6) is 0.194. The summed E-state index contributed by atoms with van der Waals surface area (Å²) >= 11 is 0. The highest BCUT2D eigenvalue weighted by Crippen LogP contribution is 2.27. The molecule has 0 aromatic carbocycles. The zero-order valence-corrected chi connectivity index (χ0v) is 9.00. The minimum Gasteiger partial charge on any atom is -0.379 e. The number of pyridine rings is 1. The normalized spacial score (nSPS) is 17.6. The lowest BCUT2D eigenvalue weighted by molar-refractivity contribution is -0.153. The number of halogens is 1. The summed E-state index contributed by atoms with van der Waals surface area (Å²) in [7, 11) is 0. The van der Waals surface area contributed by atoms with E-state index in [1.165, 1.54) is 12.1 Å². The fourth-order valence-corrected chi connectivity index (χ4v) is 1.43. The number of carbonyl (C=O) groups excluding carboxylic acids is 1. The molecule has 5 heteroatoms. The third kappa shape index (κ3) is 2.19. The summed E-state index contributed by atoms with van der Waals surface area (Å²) < 4.78 is 17.6. The Kier molecular flexibility index (Phi) is 2.87. The highest BCUT2D eigenvalue weighted by molar-refractivity contribution is 5.89. The molecule has 1 aromatic heterocycles. The Balaban J connectivity index is 1.87. The van der Waals surface area contributed by atoms with E-state index >= 15 is 0 Å². The number of ether oxygens (including phenoxy) is 1. The first-order chi connectivity index (χ1) is 7.60. The number of Topliss-reactive ketones (excluding diaryl/α,β-unsaturated/α-hetero) is 1. The van der Waals surface area contributed by atoms with E-state index in [2.05, 4.69) is 10.3 Å². The smallest absolute Gasteiger partial charge is 0.162 e. The minimum absolute atomic E-state index is 0.0878. The van der Waals surface area contributed by atoms with Gasteiger partial charge >= 0.3 is 0 Å². The maximum absolute atomic E-state index is 12.6. The molecule has 16 heavy (non-hydrogen) atoms. The number of hydrogen-bond donors (Lipinski definition) is 1. The molecule has 0 radical (unpaired) electrons. The van der Waals surface area contributed by atoms with Crippen molar-refractivity contribution in [2.24, 2.45) is 5.41 Å². The fraction of sp³-hybridized carbons (Fsp3) is 0.455. The van der Waals surface area contributed by atoms with Gasteiger partial charge in [0.2, 0.25) is 0 Å². The topological polar surface area (TPSA) is 51.2 Å². The van der Waals surface area contributed by atoms with Gasteiger partial charge in [-0.25, -0.2) is 9.37 Å². The lowest BCUT2D eigenvalue weighted by Gasteiger charge is -2.36. The number of hydrogen-bond acceptors (Lipinski definition) is 4. The van der Waals surface area contributed by atoms with Gasteiger partial charge in [0.05, 0.1) is 31.4 Å². The first-order valence-electron chi connectivity index (χ1n) is 5.07. The summed E-state index contributed by atoms with van der Waals surface area (Å²) in [6.45, 7) is 3.02. The second-order valence-corrected chi connectivity index (χ2v) is 4.19. The Morgan fingerprint density at radius 3 is 2.88 bits per heavy atom. The van der Waals surface area contributed by atoms with Crippen molar-refractivity contribution in [2.75, 3.05) is 25.1 Å². The summed E-state index contributed by atoms with van der Waals surface area (Å²) in [6, 6.07) is 2.80. The van der Waals surface area contributed by atoms with Crippen LogP contribution in [0.15, 0.2) is 18.3 Å². The molecule has 0 aliphatic carbocycles. The molecule has 1 N–H and O–H groups in total. The Morgan fingerprint density at radius 1 is 1.62 bits per heavy atom. The van der Waals surface area contributed by atoms with Crippen LogP contribution < -0.4 is 5.32 Å². The third-order valence-corrected chi connectivity index (χ3v) is 2.67. The number of nitrogens with zero attached hydrogens (tertiary/aromatic N) is 1. The molecular formula is C11H13FN2O2. The average molecular weight is 224 g/mol. The van der Waals surface area contributed by atoms with Crippen LogP contribution in [0.1, 0.15) is 6.92 Å². The van der Waals surface area contributed by atoms with Crippen LogP contribution in [-0.4, -0.2) is 30.5 Å². The van der Waals surface area contributed by atoms with Gasteiger partial charge < -0.3 is 10.1 Å². The van der Waals surface area contributed by atoms with E-state index in [1.807, 2.05) is 6.92 Å². The summed E-state index contributed by atoms with van der Waals surface area (Å²) in [6.07, 6.45) is 1.11. The first-order valence-corrected chi connectivity index (χ1v) is 5.07. The molecule has 0 spiro atoms. The van der Waals surface area contributed by atoms with E-state index in [0.29, 0.717) is 19.0 Å². The van der Waals surface area contributed by atoms with Crippen molar-refractivity contribution in [3.05, 3.63) is 24.1 Å². The maximum atomic E-state index is 12.6. The van der Waals surface area contributed by atoms with E-state index in [1.54, 1.807) is 0 Å². The summed E-state index contributed by atoms with van der Waals surface area (Å²) in [4.78, 5) is 15.5. The lowest BCUT2D eigenvalue weighted by Crippen LogP contribution is -2.48. The molecule has 0 unspecified atom stereocenters. The number of anilines is 1. The molecule has 0 saturated carbocycles. The summed E-state index contributed by atoms with van der Waals surface area (Å²) in [5.41, 5.74) is -0.368. The number of carbonyl (C=O) groups is 1. The fourth-order valence-electron chi connectivity index (χ4n) is 1.43. The van der Waals surface area contributed by atoms with Crippen molar-refractivity contribution in [3.8, 4) is 0 Å². The van der Waals surface area contributed by atoms with Gasteiger partial charge in [-0.2, -0.15) is 0 Å². The molecule has 1 aromatic rings. The molecule has 1 saturated heterocycles. The maximum Gasteiger partial charge on any atom is 0.162 e. The molecular weight excluding hydrogens is 211 g/mol. The quantitative estimate of drug-likeness (QED) is 0.836. The lowest BCUT2D eigenvalue weighted by atomic mass is 9.84. The Labute approximate surface area is 92.8 Å². The van der Waals surface area contributed by atoms with Crippen molar-refractivity contribution in [2.45, 2.75) is 6.92 Å². The van der Waals surface area contributed by atoms with Crippen LogP contribution in [0, 0.1) is 11.2 Å². The van der Waals surface area contributed by atoms with Gasteiger partial charge in [-0.15, -0.1) is 0 Å². The van der Waals surface area contributed by atoms with Crippen LogP contribution in [0.5, 0.6) is 0 Å². The van der Waals surface area contributed by atoms with Gasteiger partial charge in [0.1, 0.15) is 11.6 Å². The second kappa shape index (κ2) is 4.17. The van der Waals surface area contributed by atoms with E-state index in [-0.39, 0.29) is 17.7 Å². The van der Waals surface area contributed by atoms with Gasteiger partial charge in [0.15, 0.2) is 5.78 Å². The predicted octanol–water partition coefficient (Wildman–Crippen LogP) is 1.24.